The zero-order valence-electron chi connectivity index (χ0n) is 13.7. The van der Waals surface area contributed by atoms with E-state index in [-0.39, 0.29) is 23.7 Å². The lowest BCUT2D eigenvalue weighted by Gasteiger charge is -2.08. The zero-order valence-corrected chi connectivity index (χ0v) is 13.7. The summed E-state index contributed by atoms with van der Waals surface area (Å²) in [6.07, 6.45) is 1.37. The summed E-state index contributed by atoms with van der Waals surface area (Å²) in [6.45, 7) is 1.48. The molecule has 5 nitrogen and oxygen atoms in total. The van der Waals surface area contributed by atoms with Crippen LogP contribution in [0.15, 0.2) is 42.2 Å². The first kappa shape index (κ1) is 16.7. The Morgan fingerprint density at radius 2 is 2.04 bits per heavy atom. The maximum atomic E-state index is 13.8. The number of rotatable bonds is 4. The number of benzene rings is 2. The van der Waals surface area contributed by atoms with Crippen molar-refractivity contribution in [3.63, 3.8) is 0 Å². The maximum absolute atomic E-state index is 13.8. The summed E-state index contributed by atoms with van der Waals surface area (Å²) in [5.41, 5.74) is 1.30. The van der Waals surface area contributed by atoms with Crippen molar-refractivity contribution >= 4 is 17.8 Å². The quantitative estimate of drug-likeness (QED) is 0.630. The molecule has 0 spiro atoms. The molecule has 0 saturated carbocycles. The van der Waals surface area contributed by atoms with Gasteiger partial charge < -0.3 is 14.2 Å². The van der Waals surface area contributed by atoms with Gasteiger partial charge in [-0.1, -0.05) is 18.2 Å². The van der Waals surface area contributed by atoms with Crippen LogP contribution in [0.2, 0.25) is 0 Å². The molecule has 2 aromatic rings. The number of hydrogen-bond donors (Lipinski definition) is 0. The number of carbonyl (C=O) groups is 2. The van der Waals surface area contributed by atoms with Crippen LogP contribution in [-0.2, 0) is 9.53 Å². The molecule has 1 aliphatic rings. The highest BCUT2D eigenvalue weighted by Crippen LogP contribution is 2.37. The van der Waals surface area contributed by atoms with Crippen molar-refractivity contribution in [1.29, 1.82) is 0 Å². The number of fused-ring (bicyclic) bond motifs is 1. The molecule has 0 unspecified atom stereocenters. The summed E-state index contributed by atoms with van der Waals surface area (Å²) >= 11 is 0. The third kappa shape index (κ3) is 3.38. The molecule has 3 rings (SSSR count). The fraction of sp³-hybridized carbons (Fsp3) is 0.158. The third-order valence-electron chi connectivity index (χ3n) is 3.72. The maximum Gasteiger partial charge on any atom is 0.343 e. The lowest BCUT2D eigenvalue weighted by Crippen LogP contribution is -2.12. The van der Waals surface area contributed by atoms with Crippen molar-refractivity contribution in [2.75, 3.05) is 13.7 Å². The molecule has 0 N–H and O–H groups in total. The number of ether oxygens (including phenoxy) is 3. The fourth-order valence-corrected chi connectivity index (χ4v) is 2.50. The van der Waals surface area contributed by atoms with E-state index in [2.05, 4.69) is 4.74 Å². The molecule has 6 heteroatoms. The minimum atomic E-state index is -0.518. The molecular formula is C19H15FO5. The topological polar surface area (TPSA) is 61.8 Å². The van der Waals surface area contributed by atoms with Crippen LogP contribution < -0.4 is 9.47 Å². The van der Waals surface area contributed by atoms with E-state index in [1.54, 1.807) is 31.2 Å². The van der Waals surface area contributed by atoms with Crippen LogP contribution in [-0.4, -0.2) is 25.5 Å². The number of methoxy groups -OCH3 is 1. The van der Waals surface area contributed by atoms with Crippen LogP contribution in [0.4, 0.5) is 4.39 Å². The molecule has 0 atom stereocenters. The largest absolute Gasteiger partial charge is 0.482 e. The van der Waals surface area contributed by atoms with Crippen LogP contribution in [0, 0.1) is 12.7 Å². The molecule has 128 valence electrons. The molecule has 0 aromatic heterocycles. The zero-order chi connectivity index (χ0) is 18.0. The van der Waals surface area contributed by atoms with Gasteiger partial charge in [0.15, 0.2) is 12.4 Å². The molecule has 0 bridgehead atoms. The van der Waals surface area contributed by atoms with Gasteiger partial charge in [0.2, 0.25) is 5.78 Å². The highest BCUT2D eigenvalue weighted by Gasteiger charge is 2.30. The average Bonchev–Trinajstić information content (AvgIpc) is 2.91. The van der Waals surface area contributed by atoms with Gasteiger partial charge in [-0.25, -0.2) is 9.18 Å². The first-order chi connectivity index (χ1) is 12.0. The van der Waals surface area contributed by atoms with Gasteiger partial charge in [0, 0.05) is 11.6 Å². The van der Waals surface area contributed by atoms with Gasteiger partial charge >= 0.3 is 5.97 Å². The number of hydrogen-bond acceptors (Lipinski definition) is 5. The summed E-state index contributed by atoms with van der Waals surface area (Å²) in [6, 6.07) is 9.26. The van der Waals surface area contributed by atoms with Gasteiger partial charge in [0.1, 0.15) is 17.3 Å². The van der Waals surface area contributed by atoms with E-state index in [1.807, 2.05) is 0 Å². The number of carbonyl (C=O) groups excluding carboxylic acids is 2. The second kappa shape index (κ2) is 6.76. The minimum Gasteiger partial charge on any atom is -0.482 e. The molecule has 25 heavy (non-hydrogen) atoms. The van der Waals surface area contributed by atoms with Gasteiger partial charge in [-0.2, -0.15) is 0 Å². The molecule has 0 aliphatic carbocycles. The summed E-state index contributed by atoms with van der Waals surface area (Å²) in [5, 5.41) is 0. The number of halogens is 1. The second-order valence-corrected chi connectivity index (χ2v) is 5.44. The van der Waals surface area contributed by atoms with E-state index < -0.39 is 11.8 Å². The number of Topliss-reactive ketones (excluding diaryl/α,β-unsaturated/α-hetero) is 1. The number of ketones is 1. The van der Waals surface area contributed by atoms with Gasteiger partial charge in [-0.05, 0) is 30.7 Å². The Labute approximate surface area is 143 Å². The number of esters is 1. The average molecular weight is 342 g/mol. The molecule has 1 aliphatic heterocycles. The SMILES string of the molecule is COC(=O)COc1cc(C)c2c(c1)O/C(=C\c1ccccc1F)C2=O. The van der Waals surface area contributed by atoms with Crippen LogP contribution in [0.1, 0.15) is 21.5 Å². The molecule has 0 saturated heterocycles. The highest BCUT2D eigenvalue weighted by molar-refractivity contribution is 6.15. The van der Waals surface area contributed by atoms with Crippen molar-refractivity contribution in [2.45, 2.75) is 6.92 Å². The lowest BCUT2D eigenvalue weighted by molar-refractivity contribution is -0.142. The normalized spacial score (nSPS) is 14.2. The fourth-order valence-electron chi connectivity index (χ4n) is 2.50. The van der Waals surface area contributed by atoms with E-state index in [4.69, 9.17) is 9.47 Å². The molecule has 1 heterocycles. The Morgan fingerprint density at radius 1 is 1.28 bits per heavy atom. The van der Waals surface area contributed by atoms with E-state index in [0.717, 1.165) is 0 Å². The lowest BCUT2D eigenvalue weighted by atomic mass is 10.0. The van der Waals surface area contributed by atoms with Gasteiger partial charge in [-0.15, -0.1) is 0 Å². The van der Waals surface area contributed by atoms with Gasteiger partial charge in [-0.3, -0.25) is 4.79 Å². The first-order valence-electron chi connectivity index (χ1n) is 7.52. The van der Waals surface area contributed by atoms with E-state index >= 15 is 0 Å². The number of allylic oxidation sites excluding steroid dienone is 1. The van der Waals surface area contributed by atoms with E-state index in [1.165, 1.54) is 25.3 Å². The van der Waals surface area contributed by atoms with Crippen molar-refractivity contribution in [3.8, 4) is 11.5 Å². The van der Waals surface area contributed by atoms with Crippen molar-refractivity contribution in [1.82, 2.24) is 0 Å². The Balaban J connectivity index is 1.89. The second-order valence-electron chi connectivity index (χ2n) is 5.44. The van der Waals surface area contributed by atoms with Crippen molar-refractivity contribution < 1.29 is 28.2 Å². The number of aryl methyl sites for hydroxylation is 1. The summed E-state index contributed by atoms with van der Waals surface area (Å²) in [7, 11) is 1.27. The third-order valence-corrected chi connectivity index (χ3v) is 3.72. The van der Waals surface area contributed by atoms with Gasteiger partial charge in [0.05, 0.1) is 12.7 Å². The predicted molar refractivity (Wildman–Crippen MR) is 88.0 cm³/mol. The summed E-state index contributed by atoms with van der Waals surface area (Å²) in [4.78, 5) is 23.7. The van der Waals surface area contributed by atoms with E-state index in [9.17, 15) is 14.0 Å². The molecule has 0 amide bonds. The molecule has 2 aromatic carbocycles. The van der Waals surface area contributed by atoms with Crippen molar-refractivity contribution in [3.05, 3.63) is 64.7 Å². The van der Waals surface area contributed by atoms with Crippen LogP contribution in [0.5, 0.6) is 11.5 Å². The Hall–Kier alpha value is -3.15. The predicted octanol–water partition coefficient (Wildman–Crippen LogP) is 3.30. The highest BCUT2D eigenvalue weighted by atomic mass is 19.1. The standard InChI is InChI=1S/C19H15FO5/c1-11-7-13(24-10-17(21)23-2)9-15-18(11)19(22)16(25-15)8-12-5-3-4-6-14(12)20/h3-9H,10H2,1-2H3/b16-8-. The van der Waals surface area contributed by atoms with Crippen LogP contribution in [0.25, 0.3) is 6.08 Å². The summed E-state index contributed by atoms with van der Waals surface area (Å²) < 4.78 is 29.2. The molecule has 0 fully saturated rings. The minimum absolute atomic E-state index is 0.0355. The van der Waals surface area contributed by atoms with E-state index in [0.29, 0.717) is 22.6 Å². The van der Waals surface area contributed by atoms with Gasteiger partial charge in [0.25, 0.3) is 0 Å². The Bertz CT molecular complexity index is 885. The van der Waals surface area contributed by atoms with Crippen LogP contribution >= 0.6 is 0 Å². The molecule has 0 radical (unpaired) electrons. The summed E-state index contributed by atoms with van der Waals surface area (Å²) in [5.74, 6) is -0.561. The smallest absolute Gasteiger partial charge is 0.343 e. The molecular weight excluding hydrogens is 327 g/mol. The van der Waals surface area contributed by atoms with Crippen LogP contribution in [0.3, 0.4) is 0 Å². The Morgan fingerprint density at radius 3 is 2.76 bits per heavy atom. The first-order valence-corrected chi connectivity index (χ1v) is 7.52. The Kier molecular flexibility index (Phi) is 4.52. The monoisotopic (exact) mass is 342 g/mol. The van der Waals surface area contributed by atoms with Crippen molar-refractivity contribution in [2.24, 2.45) is 0 Å².